The third kappa shape index (κ3) is 1.48. The van der Waals surface area contributed by atoms with Crippen molar-refractivity contribution in [3.8, 4) is 5.75 Å². The van der Waals surface area contributed by atoms with Crippen LogP contribution in [0.3, 0.4) is 0 Å². The van der Waals surface area contributed by atoms with E-state index in [-0.39, 0.29) is 0 Å². The van der Waals surface area contributed by atoms with Crippen molar-refractivity contribution >= 4 is 16.6 Å². The lowest BCUT2D eigenvalue weighted by atomic mass is 10.2. The highest BCUT2D eigenvalue weighted by Gasteiger charge is 1.86. The van der Waals surface area contributed by atoms with Gasteiger partial charge in [0.2, 0.25) is 10.5 Å². The number of benzene rings is 1. The molecule has 0 amide bonds. The fourth-order valence-electron chi connectivity index (χ4n) is 0.740. The summed E-state index contributed by atoms with van der Waals surface area (Å²) in [7, 11) is 0.750. The summed E-state index contributed by atoms with van der Waals surface area (Å²) in [5.74, 6) is 0.942. The average molecular weight is 150 g/mol. The second kappa shape index (κ2) is 3.22. The van der Waals surface area contributed by atoms with E-state index in [1.54, 1.807) is 0 Å². The van der Waals surface area contributed by atoms with Crippen molar-refractivity contribution in [2.75, 3.05) is 0 Å². The Labute approximate surface area is 63.9 Å². The van der Waals surface area contributed by atoms with Crippen molar-refractivity contribution in [2.45, 2.75) is 0 Å². The minimum Gasteiger partial charge on any atom is -0.553 e. The first-order valence-electron chi connectivity index (χ1n) is 3.13. The molecule has 0 N–H and O–H groups in total. The zero-order valence-electron chi connectivity index (χ0n) is 6.00. The van der Waals surface area contributed by atoms with Crippen LogP contribution in [0.5, 0.6) is 5.75 Å². The van der Waals surface area contributed by atoms with Gasteiger partial charge in [-0.05, 0) is 17.7 Å². The molecule has 0 unspecified atom stereocenters. The largest absolute Gasteiger partial charge is 0.553 e. The van der Waals surface area contributed by atoms with Gasteiger partial charge in [-0.1, -0.05) is 24.8 Å². The van der Waals surface area contributed by atoms with E-state index in [1.807, 2.05) is 30.3 Å². The van der Waals surface area contributed by atoms with Crippen LogP contribution in [0.1, 0.15) is 5.56 Å². The van der Waals surface area contributed by atoms with Crippen molar-refractivity contribution in [1.29, 1.82) is 0 Å². The first-order chi connectivity index (χ1) is 4.86. The zero-order valence-corrected chi connectivity index (χ0v) is 8.00. The predicted octanol–water partition coefficient (Wildman–Crippen LogP) is 0.989. The Morgan fingerprint density at radius 3 is 2.30 bits per heavy atom. The van der Waals surface area contributed by atoms with Gasteiger partial charge in [-0.15, -0.1) is 0 Å². The van der Waals surface area contributed by atoms with Crippen molar-refractivity contribution in [3.63, 3.8) is 0 Å². The molecule has 0 spiro atoms. The molecule has 2 heteroatoms. The molecule has 0 atom stereocenters. The quantitative estimate of drug-likeness (QED) is 0.571. The molecule has 52 valence electrons. The van der Waals surface area contributed by atoms with E-state index in [0.717, 1.165) is 21.8 Å². The fraction of sp³-hybridized carbons (Fsp3) is 0. The van der Waals surface area contributed by atoms with Gasteiger partial charge >= 0.3 is 0 Å². The van der Waals surface area contributed by atoms with Gasteiger partial charge in [-0.2, -0.15) is 0 Å². The highest BCUT2D eigenvalue weighted by molar-refractivity contribution is 5.99. The molecule has 0 aliphatic rings. The lowest BCUT2D eigenvalue weighted by Crippen LogP contribution is -1.83. The SMILES string of the molecule is C=Cc1ccc(O[SiH3])cc1. The lowest BCUT2D eigenvalue weighted by Gasteiger charge is -1.98. The molecule has 0 saturated carbocycles. The van der Waals surface area contributed by atoms with Crippen molar-refractivity contribution < 1.29 is 4.43 Å². The highest BCUT2D eigenvalue weighted by Crippen LogP contribution is 2.10. The maximum absolute atomic E-state index is 5.12. The number of hydrogen-bond acceptors (Lipinski definition) is 1. The summed E-state index contributed by atoms with van der Waals surface area (Å²) in [4.78, 5) is 0. The van der Waals surface area contributed by atoms with E-state index in [1.165, 1.54) is 0 Å². The molecule has 10 heavy (non-hydrogen) atoms. The predicted molar refractivity (Wildman–Crippen MR) is 47.1 cm³/mol. The van der Waals surface area contributed by atoms with Gasteiger partial charge in [-0.3, -0.25) is 0 Å². The van der Waals surface area contributed by atoms with E-state index in [9.17, 15) is 0 Å². The first-order valence-corrected chi connectivity index (χ1v) is 3.95. The first kappa shape index (κ1) is 7.09. The van der Waals surface area contributed by atoms with Crippen LogP contribution >= 0.6 is 0 Å². The van der Waals surface area contributed by atoms with Crippen LogP contribution in [0.4, 0.5) is 0 Å². The van der Waals surface area contributed by atoms with Gasteiger partial charge in [0, 0.05) is 0 Å². The second-order valence-corrected chi connectivity index (χ2v) is 2.39. The summed E-state index contributed by atoms with van der Waals surface area (Å²) in [5.41, 5.74) is 1.13. The van der Waals surface area contributed by atoms with Gasteiger partial charge in [-0.25, -0.2) is 0 Å². The molecular weight excluding hydrogens is 140 g/mol. The Kier molecular flexibility index (Phi) is 2.28. The van der Waals surface area contributed by atoms with Gasteiger partial charge in [0.1, 0.15) is 5.75 Å². The number of rotatable bonds is 2. The minimum absolute atomic E-state index is 0.750. The van der Waals surface area contributed by atoms with Crippen LogP contribution < -0.4 is 4.43 Å². The standard InChI is InChI=1S/C8H10OSi/c1-2-7-3-5-8(9-10)6-4-7/h2-6H,1H2,10H3. The summed E-state index contributed by atoms with van der Waals surface area (Å²) in [5, 5.41) is 0. The smallest absolute Gasteiger partial charge is 0.204 e. The topological polar surface area (TPSA) is 9.23 Å². The van der Waals surface area contributed by atoms with Gasteiger partial charge in [0.25, 0.3) is 0 Å². The lowest BCUT2D eigenvalue weighted by molar-refractivity contribution is 0.616. The minimum atomic E-state index is 0.750. The fourth-order valence-corrected chi connectivity index (χ4v) is 1.01. The van der Waals surface area contributed by atoms with Gasteiger partial charge in [0.05, 0.1) is 0 Å². The van der Waals surface area contributed by atoms with E-state index in [2.05, 4.69) is 6.58 Å². The third-order valence-corrected chi connectivity index (χ3v) is 1.82. The molecule has 0 aliphatic carbocycles. The molecule has 0 aliphatic heterocycles. The molecule has 0 heterocycles. The van der Waals surface area contributed by atoms with E-state index in [0.29, 0.717) is 0 Å². The van der Waals surface area contributed by atoms with Gasteiger partial charge < -0.3 is 4.43 Å². The molecule has 1 aromatic rings. The molecule has 0 radical (unpaired) electrons. The monoisotopic (exact) mass is 150 g/mol. The zero-order chi connectivity index (χ0) is 7.40. The summed E-state index contributed by atoms with van der Waals surface area (Å²) < 4.78 is 5.12. The summed E-state index contributed by atoms with van der Waals surface area (Å²) in [6.07, 6.45) is 1.82. The van der Waals surface area contributed by atoms with Crippen molar-refractivity contribution in [1.82, 2.24) is 0 Å². The maximum Gasteiger partial charge on any atom is 0.204 e. The molecule has 0 aromatic heterocycles. The maximum atomic E-state index is 5.12. The molecule has 1 nitrogen and oxygen atoms in total. The molecule has 0 saturated heterocycles. The van der Waals surface area contributed by atoms with Crippen LogP contribution in [0.25, 0.3) is 6.08 Å². The second-order valence-electron chi connectivity index (χ2n) is 1.98. The van der Waals surface area contributed by atoms with Crippen LogP contribution in [0.2, 0.25) is 0 Å². The Morgan fingerprint density at radius 1 is 1.30 bits per heavy atom. The molecular formula is C8H10OSi. The van der Waals surface area contributed by atoms with Crippen LogP contribution in [-0.4, -0.2) is 10.5 Å². The Balaban J connectivity index is 2.90. The average Bonchev–Trinajstić information content (AvgIpc) is 2.05. The Hall–Kier alpha value is -1.02. The van der Waals surface area contributed by atoms with E-state index >= 15 is 0 Å². The normalized spacial score (nSPS) is 9.20. The Bertz CT molecular complexity index is 215. The van der Waals surface area contributed by atoms with Crippen LogP contribution in [-0.2, 0) is 0 Å². The molecule has 1 aromatic carbocycles. The van der Waals surface area contributed by atoms with Gasteiger partial charge in [0.15, 0.2) is 0 Å². The summed E-state index contributed by atoms with van der Waals surface area (Å²) in [6.45, 7) is 3.65. The highest BCUT2D eigenvalue weighted by atomic mass is 28.2. The van der Waals surface area contributed by atoms with E-state index in [4.69, 9.17) is 4.43 Å². The number of hydrogen-bond donors (Lipinski definition) is 0. The summed E-state index contributed by atoms with van der Waals surface area (Å²) >= 11 is 0. The van der Waals surface area contributed by atoms with Crippen LogP contribution in [0.15, 0.2) is 30.8 Å². The summed E-state index contributed by atoms with van der Waals surface area (Å²) in [6, 6.07) is 7.87. The third-order valence-electron chi connectivity index (χ3n) is 1.35. The van der Waals surface area contributed by atoms with E-state index < -0.39 is 0 Å². The molecule has 0 bridgehead atoms. The molecule has 0 fully saturated rings. The van der Waals surface area contributed by atoms with Crippen molar-refractivity contribution in [2.24, 2.45) is 0 Å². The Morgan fingerprint density at radius 2 is 1.90 bits per heavy atom. The van der Waals surface area contributed by atoms with Crippen molar-refractivity contribution in [3.05, 3.63) is 36.4 Å². The molecule has 1 rings (SSSR count). The van der Waals surface area contributed by atoms with Crippen LogP contribution in [0, 0.1) is 0 Å².